The molecule has 0 aliphatic carbocycles. The van der Waals surface area contributed by atoms with E-state index in [1.54, 1.807) is 42.9 Å². The molecule has 1 heterocycles. The summed E-state index contributed by atoms with van der Waals surface area (Å²) < 4.78 is 1.86. The smallest absolute Gasteiger partial charge is 0.255 e. The van der Waals surface area contributed by atoms with Crippen LogP contribution in [-0.4, -0.2) is 21.4 Å². The van der Waals surface area contributed by atoms with E-state index >= 15 is 0 Å². The lowest BCUT2D eigenvalue weighted by Gasteiger charge is -2.13. The zero-order valence-electron chi connectivity index (χ0n) is 14.0. The highest BCUT2D eigenvalue weighted by Crippen LogP contribution is 2.24. The number of benzene rings is 2. The summed E-state index contributed by atoms with van der Waals surface area (Å²) in [6.45, 7) is 3.30. The zero-order valence-corrected chi connectivity index (χ0v) is 14.0. The molecule has 0 radical (unpaired) electrons. The van der Waals surface area contributed by atoms with Crippen LogP contribution in [0, 0.1) is 6.92 Å². The minimum atomic E-state index is -0.208. The van der Waals surface area contributed by atoms with E-state index in [-0.39, 0.29) is 11.8 Å². The molecule has 6 heteroatoms. The molecule has 3 rings (SSSR count). The molecule has 3 aromatic rings. The van der Waals surface area contributed by atoms with Crippen molar-refractivity contribution >= 4 is 23.2 Å². The van der Waals surface area contributed by atoms with Gasteiger partial charge >= 0.3 is 0 Å². The standard InChI is InChI=1S/C19H18N4O2/c1-13-17(21-14(2)24)4-3-5-18(13)22-19(25)15-6-8-16(9-7-15)23-11-10-20-12-23/h3-12H,1-2H3,(H,21,24)(H,22,25). The lowest BCUT2D eigenvalue weighted by atomic mass is 10.1. The highest BCUT2D eigenvalue weighted by atomic mass is 16.2. The maximum atomic E-state index is 12.5. The molecule has 0 spiro atoms. The Balaban J connectivity index is 1.77. The van der Waals surface area contributed by atoms with E-state index in [1.165, 1.54) is 6.92 Å². The summed E-state index contributed by atoms with van der Waals surface area (Å²) in [4.78, 5) is 27.7. The number of hydrogen-bond donors (Lipinski definition) is 2. The quantitative estimate of drug-likeness (QED) is 0.768. The van der Waals surface area contributed by atoms with E-state index < -0.39 is 0 Å². The lowest BCUT2D eigenvalue weighted by molar-refractivity contribution is -0.114. The number of nitrogens with zero attached hydrogens (tertiary/aromatic N) is 2. The van der Waals surface area contributed by atoms with Gasteiger partial charge in [0.1, 0.15) is 0 Å². The summed E-state index contributed by atoms with van der Waals surface area (Å²) in [6.07, 6.45) is 5.24. The van der Waals surface area contributed by atoms with Crippen molar-refractivity contribution in [1.29, 1.82) is 0 Å². The zero-order chi connectivity index (χ0) is 17.8. The SMILES string of the molecule is CC(=O)Nc1cccc(NC(=O)c2ccc(-n3ccnc3)cc2)c1C. The first-order valence-electron chi connectivity index (χ1n) is 7.81. The maximum Gasteiger partial charge on any atom is 0.255 e. The van der Waals surface area contributed by atoms with Gasteiger partial charge in [0.05, 0.1) is 6.33 Å². The molecule has 0 unspecified atom stereocenters. The topological polar surface area (TPSA) is 76.0 Å². The molecule has 0 bridgehead atoms. The summed E-state index contributed by atoms with van der Waals surface area (Å²) in [5.74, 6) is -0.359. The van der Waals surface area contributed by atoms with Crippen molar-refractivity contribution in [2.75, 3.05) is 10.6 Å². The van der Waals surface area contributed by atoms with Gasteiger partial charge in [0.25, 0.3) is 5.91 Å². The van der Waals surface area contributed by atoms with Gasteiger partial charge in [-0.2, -0.15) is 0 Å². The van der Waals surface area contributed by atoms with Crippen LogP contribution in [0.5, 0.6) is 0 Å². The second-order valence-electron chi connectivity index (χ2n) is 5.63. The molecular formula is C19H18N4O2. The number of carbonyl (C=O) groups excluding carboxylic acids is 2. The normalized spacial score (nSPS) is 10.3. The number of hydrogen-bond acceptors (Lipinski definition) is 3. The summed E-state index contributed by atoms with van der Waals surface area (Å²) >= 11 is 0. The molecule has 0 aliphatic rings. The highest BCUT2D eigenvalue weighted by molar-refractivity contribution is 6.05. The molecule has 2 aromatic carbocycles. The van der Waals surface area contributed by atoms with Crippen LogP contribution in [0.4, 0.5) is 11.4 Å². The Morgan fingerprint density at radius 3 is 2.28 bits per heavy atom. The average molecular weight is 334 g/mol. The van der Waals surface area contributed by atoms with E-state index in [1.807, 2.05) is 29.8 Å². The molecule has 126 valence electrons. The first-order valence-corrected chi connectivity index (χ1v) is 7.81. The van der Waals surface area contributed by atoms with Gasteiger partial charge in [-0.3, -0.25) is 9.59 Å². The van der Waals surface area contributed by atoms with Gasteiger partial charge in [0, 0.05) is 41.9 Å². The maximum absolute atomic E-state index is 12.5. The second-order valence-corrected chi connectivity index (χ2v) is 5.63. The van der Waals surface area contributed by atoms with E-state index in [0.29, 0.717) is 16.9 Å². The van der Waals surface area contributed by atoms with Gasteiger partial charge in [0.2, 0.25) is 5.91 Å². The minimum Gasteiger partial charge on any atom is -0.326 e. The molecule has 0 fully saturated rings. The Hall–Kier alpha value is -3.41. The van der Waals surface area contributed by atoms with Crippen LogP contribution >= 0.6 is 0 Å². The molecule has 1 aromatic heterocycles. The number of anilines is 2. The van der Waals surface area contributed by atoms with Gasteiger partial charge in [-0.15, -0.1) is 0 Å². The van der Waals surface area contributed by atoms with Crippen LogP contribution in [0.2, 0.25) is 0 Å². The predicted molar refractivity (Wildman–Crippen MR) is 97.0 cm³/mol. The second kappa shape index (κ2) is 7.00. The molecule has 6 nitrogen and oxygen atoms in total. The first kappa shape index (κ1) is 16.4. The van der Waals surface area contributed by atoms with Crippen molar-refractivity contribution in [3.05, 3.63) is 72.3 Å². The fourth-order valence-electron chi connectivity index (χ4n) is 2.49. The Labute approximate surface area is 145 Å². The minimum absolute atomic E-state index is 0.151. The molecular weight excluding hydrogens is 316 g/mol. The number of imidazole rings is 1. The summed E-state index contributed by atoms with van der Waals surface area (Å²) in [5.41, 5.74) is 3.63. The Bertz CT molecular complexity index is 900. The van der Waals surface area contributed by atoms with Crippen molar-refractivity contribution in [2.24, 2.45) is 0 Å². The molecule has 0 aliphatic heterocycles. The third-order valence-electron chi connectivity index (χ3n) is 3.82. The van der Waals surface area contributed by atoms with Gasteiger partial charge in [-0.25, -0.2) is 4.98 Å². The fraction of sp³-hybridized carbons (Fsp3) is 0.105. The number of nitrogens with one attached hydrogen (secondary N) is 2. The van der Waals surface area contributed by atoms with Crippen LogP contribution in [0.1, 0.15) is 22.8 Å². The van der Waals surface area contributed by atoms with Gasteiger partial charge < -0.3 is 15.2 Å². The van der Waals surface area contributed by atoms with E-state index in [2.05, 4.69) is 15.6 Å². The fourth-order valence-corrected chi connectivity index (χ4v) is 2.49. The van der Waals surface area contributed by atoms with Crippen LogP contribution in [0.15, 0.2) is 61.2 Å². The number of carbonyl (C=O) groups is 2. The van der Waals surface area contributed by atoms with E-state index in [9.17, 15) is 9.59 Å². The number of aromatic nitrogens is 2. The van der Waals surface area contributed by atoms with Crippen LogP contribution in [0.3, 0.4) is 0 Å². The van der Waals surface area contributed by atoms with Crippen molar-refractivity contribution < 1.29 is 9.59 Å². The largest absolute Gasteiger partial charge is 0.326 e. The van der Waals surface area contributed by atoms with Crippen molar-refractivity contribution in [2.45, 2.75) is 13.8 Å². The Morgan fingerprint density at radius 2 is 1.68 bits per heavy atom. The average Bonchev–Trinajstić information content (AvgIpc) is 3.13. The van der Waals surface area contributed by atoms with Crippen LogP contribution in [0.25, 0.3) is 5.69 Å². The van der Waals surface area contributed by atoms with Crippen LogP contribution < -0.4 is 10.6 Å². The third kappa shape index (κ3) is 3.74. The van der Waals surface area contributed by atoms with E-state index in [4.69, 9.17) is 0 Å². The molecule has 2 N–H and O–H groups in total. The number of rotatable bonds is 4. The van der Waals surface area contributed by atoms with Crippen molar-refractivity contribution in [3.63, 3.8) is 0 Å². The first-order chi connectivity index (χ1) is 12.0. The van der Waals surface area contributed by atoms with Gasteiger partial charge in [0.15, 0.2) is 0 Å². The highest BCUT2D eigenvalue weighted by Gasteiger charge is 2.10. The van der Waals surface area contributed by atoms with Gasteiger partial charge in [-0.05, 0) is 48.9 Å². The Kier molecular flexibility index (Phi) is 4.61. The molecule has 0 saturated carbocycles. The lowest BCUT2D eigenvalue weighted by Crippen LogP contribution is -2.14. The van der Waals surface area contributed by atoms with Crippen LogP contribution in [-0.2, 0) is 4.79 Å². The van der Waals surface area contributed by atoms with Gasteiger partial charge in [-0.1, -0.05) is 6.07 Å². The molecule has 0 atom stereocenters. The monoisotopic (exact) mass is 334 g/mol. The molecule has 0 saturated heterocycles. The predicted octanol–water partition coefficient (Wildman–Crippen LogP) is 3.39. The molecule has 2 amide bonds. The number of amides is 2. The summed E-state index contributed by atoms with van der Waals surface area (Å²) in [7, 11) is 0. The van der Waals surface area contributed by atoms with Crippen molar-refractivity contribution in [1.82, 2.24) is 9.55 Å². The third-order valence-corrected chi connectivity index (χ3v) is 3.82. The van der Waals surface area contributed by atoms with E-state index in [0.717, 1.165) is 11.3 Å². The summed E-state index contributed by atoms with van der Waals surface area (Å²) in [6, 6.07) is 12.6. The summed E-state index contributed by atoms with van der Waals surface area (Å²) in [5, 5.41) is 5.64. The van der Waals surface area contributed by atoms with Crippen molar-refractivity contribution in [3.8, 4) is 5.69 Å². The molecule has 25 heavy (non-hydrogen) atoms. The Morgan fingerprint density at radius 1 is 1.00 bits per heavy atom.